The van der Waals surface area contributed by atoms with Gasteiger partial charge in [0.2, 0.25) is 0 Å². The maximum absolute atomic E-state index is 12.6. The standard InChI is InChI=1S/C18H26N2O3/c1-13(2)18(17(3,4)15(21)22,14-9-6-5-7-10-14)19-16(23)20-11-8-12-20/h5-7,9-10,13H,8,11-12H2,1-4H3,(H,19,23)(H,21,22). The van der Waals surface area contributed by atoms with Crippen LogP contribution in [0.3, 0.4) is 0 Å². The summed E-state index contributed by atoms with van der Waals surface area (Å²) in [6.07, 6.45) is 0.996. The van der Waals surface area contributed by atoms with Gasteiger partial charge in [0.05, 0.1) is 11.0 Å². The summed E-state index contributed by atoms with van der Waals surface area (Å²) in [5.41, 5.74) is -1.34. The van der Waals surface area contributed by atoms with E-state index in [2.05, 4.69) is 5.32 Å². The first-order valence-electron chi connectivity index (χ1n) is 8.09. The number of carbonyl (C=O) groups excluding carboxylic acids is 1. The summed E-state index contributed by atoms with van der Waals surface area (Å²) in [7, 11) is 0. The Hall–Kier alpha value is -2.04. The van der Waals surface area contributed by atoms with E-state index in [-0.39, 0.29) is 11.9 Å². The molecule has 2 amide bonds. The third kappa shape index (κ3) is 2.80. The molecule has 1 atom stereocenters. The predicted octanol–water partition coefficient (Wildman–Crippen LogP) is 3.06. The summed E-state index contributed by atoms with van der Waals surface area (Å²) < 4.78 is 0. The molecule has 1 saturated heterocycles. The lowest BCUT2D eigenvalue weighted by Crippen LogP contribution is -2.64. The number of carboxylic acids is 1. The van der Waals surface area contributed by atoms with Crippen LogP contribution in [0.25, 0.3) is 0 Å². The van der Waals surface area contributed by atoms with Gasteiger partial charge in [-0.2, -0.15) is 0 Å². The molecule has 0 saturated carbocycles. The van der Waals surface area contributed by atoms with E-state index < -0.39 is 16.9 Å². The van der Waals surface area contributed by atoms with E-state index in [1.54, 1.807) is 18.7 Å². The highest BCUT2D eigenvalue weighted by atomic mass is 16.4. The quantitative estimate of drug-likeness (QED) is 0.876. The Labute approximate surface area is 137 Å². The van der Waals surface area contributed by atoms with Crippen LogP contribution in [0.2, 0.25) is 0 Å². The molecule has 0 radical (unpaired) electrons. The average molecular weight is 318 g/mol. The van der Waals surface area contributed by atoms with Crippen LogP contribution in [0, 0.1) is 11.3 Å². The number of likely N-dealkylation sites (tertiary alicyclic amines) is 1. The van der Waals surface area contributed by atoms with Gasteiger partial charge in [0.25, 0.3) is 0 Å². The second-order valence-corrected chi connectivity index (χ2v) is 7.03. The second-order valence-electron chi connectivity index (χ2n) is 7.03. The van der Waals surface area contributed by atoms with E-state index in [4.69, 9.17) is 0 Å². The number of nitrogens with one attached hydrogen (secondary N) is 1. The molecule has 1 aliphatic heterocycles. The van der Waals surface area contributed by atoms with Crippen molar-refractivity contribution in [3.63, 3.8) is 0 Å². The fourth-order valence-electron chi connectivity index (χ4n) is 3.43. The zero-order valence-corrected chi connectivity index (χ0v) is 14.3. The Morgan fingerprint density at radius 2 is 1.74 bits per heavy atom. The number of carboxylic acid groups (broad SMARTS) is 1. The summed E-state index contributed by atoms with van der Waals surface area (Å²) in [5, 5.41) is 12.9. The first-order valence-corrected chi connectivity index (χ1v) is 8.09. The summed E-state index contributed by atoms with van der Waals surface area (Å²) in [5.74, 6) is -1.03. The van der Waals surface area contributed by atoms with E-state index >= 15 is 0 Å². The maximum Gasteiger partial charge on any atom is 0.318 e. The van der Waals surface area contributed by atoms with Gasteiger partial charge in [0.1, 0.15) is 0 Å². The van der Waals surface area contributed by atoms with Crippen molar-refractivity contribution in [2.75, 3.05) is 13.1 Å². The third-order valence-electron chi connectivity index (χ3n) is 5.06. The van der Waals surface area contributed by atoms with Gasteiger partial charge in [-0.3, -0.25) is 4.79 Å². The molecule has 1 heterocycles. The zero-order chi connectivity index (χ0) is 17.3. The molecule has 1 fully saturated rings. The molecule has 2 rings (SSSR count). The number of benzene rings is 1. The second kappa shape index (κ2) is 6.22. The average Bonchev–Trinajstić information content (AvgIpc) is 2.42. The highest BCUT2D eigenvalue weighted by Gasteiger charge is 2.54. The van der Waals surface area contributed by atoms with Crippen LogP contribution in [-0.2, 0) is 10.3 Å². The molecular weight excluding hydrogens is 292 g/mol. The molecule has 5 nitrogen and oxygen atoms in total. The molecule has 1 aromatic rings. The van der Waals surface area contributed by atoms with Crippen molar-refractivity contribution in [2.45, 2.75) is 39.7 Å². The van der Waals surface area contributed by atoms with Crippen molar-refractivity contribution in [3.8, 4) is 0 Å². The SMILES string of the molecule is CC(C)C(NC(=O)N1CCC1)(c1ccccc1)C(C)(C)C(=O)O. The highest BCUT2D eigenvalue weighted by molar-refractivity contribution is 5.81. The van der Waals surface area contributed by atoms with Crippen molar-refractivity contribution >= 4 is 12.0 Å². The van der Waals surface area contributed by atoms with Crippen molar-refractivity contribution in [3.05, 3.63) is 35.9 Å². The Kier molecular flexibility index (Phi) is 4.68. The molecule has 0 bridgehead atoms. The molecule has 1 aromatic carbocycles. The van der Waals surface area contributed by atoms with Crippen LogP contribution in [0.4, 0.5) is 4.79 Å². The topological polar surface area (TPSA) is 69.6 Å². The highest BCUT2D eigenvalue weighted by Crippen LogP contribution is 2.45. The van der Waals surface area contributed by atoms with Gasteiger partial charge in [-0.1, -0.05) is 44.2 Å². The monoisotopic (exact) mass is 318 g/mol. The Balaban J connectivity index is 2.55. The number of urea groups is 1. The molecule has 5 heteroatoms. The van der Waals surface area contributed by atoms with Gasteiger partial charge in [-0.05, 0) is 31.7 Å². The Bertz CT molecular complexity index is 579. The minimum Gasteiger partial charge on any atom is -0.481 e. The Morgan fingerprint density at radius 3 is 2.13 bits per heavy atom. The summed E-state index contributed by atoms with van der Waals surface area (Å²) in [4.78, 5) is 26.3. The normalized spacial score (nSPS) is 17.3. The largest absolute Gasteiger partial charge is 0.481 e. The lowest BCUT2D eigenvalue weighted by atomic mass is 9.62. The number of hydrogen-bond acceptors (Lipinski definition) is 2. The fourth-order valence-corrected chi connectivity index (χ4v) is 3.43. The number of aliphatic carboxylic acids is 1. The summed E-state index contributed by atoms with van der Waals surface area (Å²) in [6, 6.07) is 9.23. The first-order chi connectivity index (χ1) is 10.7. The van der Waals surface area contributed by atoms with Gasteiger partial charge >= 0.3 is 12.0 Å². The molecule has 23 heavy (non-hydrogen) atoms. The van der Waals surface area contributed by atoms with E-state index in [0.29, 0.717) is 0 Å². The number of amides is 2. The van der Waals surface area contributed by atoms with Crippen molar-refractivity contribution in [2.24, 2.45) is 11.3 Å². The molecule has 1 unspecified atom stereocenters. The number of carbonyl (C=O) groups is 2. The van der Waals surface area contributed by atoms with Gasteiger partial charge < -0.3 is 15.3 Å². The fraction of sp³-hybridized carbons (Fsp3) is 0.556. The molecule has 0 spiro atoms. The van der Waals surface area contributed by atoms with Crippen molar-refractivity contribution in [1.29, 1.82) is 0 Å². The molecule has 2 N–H and O–H groups in total. The maximum atomic E-state index is 12.6. The van der Waals surface area contributed by atoms with Gasteiger partial charge in [-0.15, -0.1) is 0 Å². The molecule has 1 aliphatic rings. The van der Waals surface area contributed by atoms with Crippen molar-refractivity contribution in [1.82, 2.24) is 10.2 Å². The molecular formula is C18H26N2O3. The van der Waals surface area contributed by atoms with Crippen LogP contribution >= 0.6 is 0 Å². The van der Waals surface area contributed by atoms with Crippen LogP contribution in [0.5, 0.6) is 0 Å². The summed E-state index contributed by atoms with van der Waals surface area (Å²) >= 11 is 0. The number of rotatable bonds is 5. The lowest BCUT2D eigenvalue weighted by molar-refractivity contribution is -0.154. The minimum atomic E-state index is -1.16. The minimum absolute atomic E-state index is 0.0961. The van der Waals surface area contributed by atoms with Gasteiger partial charge in [-0.25, -0.2) is 4.79 Å². The summed E-state index contributed by atoms with van der Waals surface area (Å²) in [6.45, 7) is 8.71. The smallest absolute Gasteiger partial charge is 0.318 e. The van der Waals surface area contributed by atoms with E-state index in [1.807, 2.05) is 44.2 Å². The van der Waals surface area contributed by atoms with Crippen LogP contribution < -0.4 is 5.32 Å². The first kappa shape index (κ1) is 17.3. The Morgan fingerprint density at radius 1 is 1.17 bits per heavy atom. The third-order valence-corrected chi connectivity index (χ3v) is 5.06. The van der Waals surface area contributed by atoms with Gasteiger partial charge in [0.15, 0.2) is 0 Å². The number of nitrogens with zero attached hydrogens (tertiary/aromatic N) is 1. The van der Waals surface area contributed by atoms with Crippen LogP contribution in [0.1, 0.15) is 39.7 Å². The lowest BCUT2D eigenvalue weighted by Gasteiger charge is -2.49. The van der Waals surface area contributed by atoms with E-state index in [0.717, 1.165) is 25.1 Å². The molecule has 0 aliphatic carbocycles. The van der Waals surface area contributed by atoms with E-state index in [1.165, 1.54) is 0 Å². The molecule has 126 valence electrons. The predicted molar refractivity (Wildman–Crippen MR) is 89.1 cm³/mol. The van der Waals surface area contributed by atoms with Gasteiger partial charge in [0, 0.05) is 13.1 Å². The number of hydrogen-bond donors (Lipinski definition) is 2. The van der Waals surface area contributed by atoms with Crippen LogP contribution in [-0.4, -0.2) is 35.1 Å². The van der Waals surface area contributed by atoms with Crippen LogP contribution in [0.15, 0.2) is 30.3 Å². The molecule has 0 aromatic heterocycles. The van der Waals surface area contributed by atoms with Crippen molar-refractivity contribution < 1.29 is 14.7 Å². The zero-order valence-electron chi connectivity index (χ0n) is 14.3. The van der Waals surface area contributed by atoms with E-state index in [9.17, 15) is 14.7 Å².